The minimum atomic E-state index is 0.812. The molecule has 0 amide bonds. The van der Waals surface area contributed by atoms with E-state index in [0.717, 1.165) is 23.9 Å². The van der Waals surface area contributed by atoms with Crippen molar-refractivity contribution in [3.63, 3.8) is 0 Å². The number of hydrogen-bond acceptors (Lipinski definition) is 2. The Hall–Kier alpha value is 0.310. The number of nitrogens with one attached hydrogen (secondary N) is 1. The van der Waals surface area contributed by atoms with Crippen molar-refractivity contribution in [2.45, 2.75) is 38.8 Å². The molecule has 2 rings (SSSR count). The molecule has 2 fully saturated rings. The fourth-order valence-corrected chi connectivity index (χ4v) is 3.63. The number of rotatable bonds is 2. The van der Waals surface area contributed by atoms with Gasteiger partial charge in [0.2, 0.25) is 0 Å². The van der Waals surface area contributed by atoms with E-state index >= 15 is 0 Å². The predicted octanol–water partition coefficient (Wildman–Crippen LogP) is 2.13. The summed E-state index contributed by atoms with van der Waals surface area (Å²) in [4.78, 5) is 0. The third-order valence-electron chi connectivity index (χ3n) is 3.19. The second-order valence-corrected chi connectivity index (χ2v) is 5.64. The summed E-state index contributed by atoms with van der Waals surface area (Å²) < 4.78 is 0. The molecule has 2 aliphatic rings. The molecule has 2 heteroatoms. The Balaban J connectivity index is 1.72. The molecule has 0 aromatic rings. The Morgan fingerprint density at radius 2 is 1.92 bits per heavy atom. The first-order valence-corrected chi connectivity index (χ1v) is 6.25. The molecule has 1 aliphatic carbocycles. The van der Waals surface area contributed by atoms with Gasteiger partial charge in [-0.2, -0.15) is 11.8 Å². The topological polar surface area (TPSA) is 12.0 Å². The molecule has 12 heavy (non-hydrogen) atoms. The lowest BCUT2D eigenvalue weighted by Crippen LogP contribution is -2.47. The molecule has 0 aromatic heterocycles. The smallest absolute Gasteiger partial charge is 0.0194 e. The normalized spacial score (nSPS) is 47.5. The Labute approximate surface area is 79.7 Å². The highest BCUT2D eigenvalue weighted by Gasteiger charge is 2.31. The lowest BCUT2D eigenvalue weighted by molar-refractivity contribution is 0.215. The molecule has 1 N–H and O–H groups in total. The molecule has 0 spiro atoms. The van der Waals surface area contributed by atoms with Gasteiger partial charge in [0.15, 0.2) is 0 Å². The van der Waals surface area contributed by atoms with Crippen molar-refractivity contribution in [2.75, 3.05) is 11.5 Å². The molecular formula is C10H19NS. The van der Waals surface area contributed by atoms with Gasteiger partial charge in [0.1, 0.15) is 0 Å². The van der Waals surface area contributed by atoms with Crippen LogP contribution in [-0.2, 0) is 0 Å². The van der Waals surface area contributed by atoms with E-state index in [1.165, 1.54) is 24.3 Å². The number of hydrogen-bond donors (Lipinski definition) is 1. The van der Waals surface area contributed by atoms with Crippen molar-refractivity contribution in [3.05, 3.63) is 0 Å². The van der Waals surface area contributed by atoms with Crippen LogP contribution in [0.5, 0.6) is 0 Å². The first kappa shape index (κ1) is 8.89. The third kappa shape index (κ3) is 1.80. The maximum Gasteiger partial charge on any atom is 0.0194 e. The maximum atomic E-state index is 3.77. The second kappa shape index (κ2) is 3.59. The Morgan fingerprint density at radius 1 is 1.17 bits per heavy atom. The summed E-state index contributed by atoms with van der Waals surface area (Å²) in [5.74, 6) is 4.57. The van der Waals surface area contributed by atoms with Gasteiger partial charge in [0, 0.05) is 17.8 Å². The molecule has 1 saturated heterocycles. The van der Waals surface area contributed by atoms with E-state index < -0.39 is 0 Å². The predicted molar refractivity (Wildman–Crippen MR) is 55.6 cm³/mol. The summed E-state index contributed by atoms with van der Waals surface area (Å²) in [6.07, 6.45) is 2.82. The van der Waals surface area contributed by atoms with Gasteiger partial charge in [-0.25, -0.2) is 0 Å². The largest absolute Gasteiger partial charge is 0.310 e. The average Bonchev–Trinajstić information content (AvgIpc) is 2.33. The Bertz CT molecular complexity index is 154. The molecule has 70 valence electrons. The van der Waals surface area contributed by atoms with Crippen LogP contribution in [0, 0.1) is 11.8 Å². The van der Waals surface area contributed by atoms with Crippen LogP contribution in [0.3, 0.4) is 0 Å². The molecular weight excluding hydrogens is 166 g/mol. The van der Waals surface area contributed by atoms with E-state index in [1.807, 2.05) is 0 Å². The fraction of sp³-hybridized carbons (Fsp3) is 1.00. The summed E-state index contributed by atoms with van der Waals surface area (Å²) in [5.41, 5.74) is 0. The van der Waals surface area contributed by atoms with Crippen LogP contribution in [0.2, 0.25) is 0 Å². The highest BCUT2D eigenvalue weighted by molar-refractivity contribution is 7.99. The van der Waals surface area contributed by atoms with E-state index in [2.05, 4.69) is 30.9 Å². The van der Waals surface area contributed by atoms with E-state index in [4.69, 9.17) is 0 Å². The zero-order valence-corrected chi connectivity index (χ0v) is 8.86. The first-order chi connectivity index (χ1) is 5.75. The Kier molecular flexibility index (Phi) is 2.66. The van der Waals surface area contributed by atoms with Crippen LogP contribution in [0.15, 0.2) is 0 Å². The van der Waals surface area contributed by atoms with Crippen molar-refractivity contribution < 1.29 is 0 Å². The minimum absolute atomic E-state index is 0.812. The van der Waals surface area contributed by atoms with E-state index in [-0.39, 0.29) is 0 Å². The third-order valence-corrected chi connectivity index (χ3v) is 4.54. The molecule has 0 aromatic carbocycles. The lowest BCUT2D eigenvalue weighted by Gasteiger charge is -2.36. The summed E-state index contributed by atoms with van der Waals surface area (Å²) in [6.45, 7) is 4.73. The van der Waals surface area contributed by atoms with Crippen LogP contribution in [0.4, 0.5) is 0 Å². The maximum absolute atomic E-state index is 3.77. The molecule has 2 unspecified atom stereocenters. The van der Waals surface area contributed by atoms with E-state index in [1.54, 1.807) is 0 Å². The first-order valence-electron chi connectivity index (χ1n) is 5.09. The fourth-order valence-electron chi connectivity index (χ4n) is 2.21. The van der Waals surface area contributed by atoms with Gasteiger partial charge in [-0.1, -0.05) is 13.8 Å². The van der Waals surface area contributed by atoms with Gasteiger partial charge in [-0.15, -0.1) is 0 Å². The summed E-state index contributed by atoms with van der Waals surface area (Å²) in [5, 5.41) is 3.77. The second-order valence-electron chi connectivity index (χ2n) is 4.56. The van der Waals surface area contributed by atoms with Gasteiger partial charge >= 0.3 is 0 Å². The minimum Gasteiger partial charge on any atom is -0.310 e. The standard InChI is InChI=1S/C10H19NS/c1-7-3-9(4-7)11-10-6-12-5-8(10)2/h7-11H,3-6H2,1-2H3. The van der Waals surface area contributed by atoms with E-state index in [0.29, 0.717) is 0 Å². The van der Waals surface area contributed by atoms with Gasteiger partial charge < -0.3 is 5.32 Å². The molecule has 0 radical (unpaired) electrons. The summed E-state index contributed by atoms with van der Waals surface area (Å²) in [6, 6.07) is 1.67. The highest BCUT2D eigenvalue weighted by atomic mass is 32.2. The van der Waals surface area contributed by atoms with Crippen molar-refractivity contribution in [2.24, 2.45) is 11.8 Å². The zero-order valence-electron chi connectivity index (χ0n) is 8.05. The molecule has 0 bridgehead atoms. The molecule has 1 nitrogen and oxygen atoms in total. The summed E-state index contributed by atoms with van der Waals surface area (Å²) in [7, 11) is 0. The van der Waals surface area contributed by atoms with Crippen LogP contribution in [-0.4, -0.2) is 23.6 Å². The summed E-state index contributed by atoms with van der Waals surface area (Å²) >= 11 is 2.11. The van der Waals surface area contributed by atoms with E-state index in [9.17, 15) is 0 Å². The average molecular weight is 185 g/mol. The lowest BCUT2D eigenvalue weighted by atomic mass is 9.81. The van der Waals surface area contributed by atoms with Crippen LogP contribution in [0.25, 0.3) is 0 Å². The van der Waals surface area contributed by atoms with Crippen LogP contribution in [0.1, 0.15) is 26.7 Å². The monoisotopic (exact) mass is 185 g/mol. The zero-order chi connectivity index (χ0) is 8.55. The van der Waals surface area contributed by atoms with Crippen molar-refractivity contribution >= 4 is 11.8 Å². The van der Waals surface area contributed by atoms with Gasteiger partial charge in [-0.05, 0) is 30.4 Å². The molecule has 1 heterocycles. The van der Waals surface area contributed by atoms with Crippen molar-refractivity contribution in [3.8, 4) is 0 Å². The molecule has 1 aliphatic heterocycles. The van der Waals surface area contributed by atoms with Gasteiger partial charge in [0.05, 0.1) is 0 Å². The van der Waals surface area contributed by atoms with Crippen molar-refractivity contribution in [1.82, 2.24) is 5.32 Å². The quantitative estimate of drug-likeness (QED) is 0.707. The molecule has 1 saturated carbocycles. The molecule has 2 atom stereocenters. The highest BCUT2D eigenvalue weighted by Crippen LogP contribution is 2.30. The number of thioether (sulfide) groups is 1. The van der Waals surface area contributed by atoms with Crippen LogP contribution < -0.4 is 5.32 Å². The Morgan fingerprint density at radius 3 is 2.42 bits per heavy atom. The SMILES string of the molecule is CC1CC(NC2CSCC2C)C1. The van der Waals surface area contributed by atoms with Gasteiger partial charge in [-0.3, -0.25) is 0 Å². The van der Waals surface area contributed by atoms with Gasteiger partial charge in [0.25, 0.3) is 0 Å². The van der Waals surface area contributed by atoms with Crippen LogP contribution >= 0.6 is 11.8 Å². The van der Waals surface area contributed by atoms with Crippen molar-refractivity contribution in [1.29, 1.82) is 0 Å².